The van der Waals surface area contributed by atoms with Crippen LogP contribution in [0.1, 0.15) is 11.3 Å². The second kappa shape index (κ2) is 4.80. The van der Waals surface area contributed by atoms with Crippen LogP contribution in [0.2, 0.25) is 0 Å². The molecule has 0 aliphatic rings. The van der Waals surface area contributed by atoms with E-state index in [1.807, 2.05) is 19.1 Å². The maximum absolute atomic E-state index is 12.2. The molecule has 4 rings (SSSR count). The van der Waals surface area contributed by atoms with E-state index < -0.39 is 0 Å². The Morgan fingerprint density at radius 1 is 1.14 bits per heavy atom. The van der Waals surface area contributed by atoms with E-state index in [4.69, 9.17) is 0 Å². The zero-order valence-electron chi connectivity index (χ0n) is 12.2. The third-order valence-corrected chi connectivity index (χ3v) is 3.79. The van der Waals surface area contributed by atoms with Gasteiger partial charge in [-0.2, -0.15) is 0 Å². The van der Waals surface area contributed by atoms with Crippen molar-refractivity contribution < 1.29 is 4.52 Å². The number of fused-ring (bicyclic) bond motifs is 2. The highest BCUT2D eigenvalue weighted by atomic mass is 16.1. The molecule has 0 amide bonds. The smallest absolute Gasteiger partial charge is 0.282 e. The van der Waals surface area contributed by atoms with Gasteiger partial charge in [-0.1, -0.05) is 41.1 Å². The summed E-state index contributed by atoms with van der Waals surface area (Å²) in [6.45, 7) is 2.42. The van der Waals surface area contributed by atoms with Crippen LogP contribution in [0.5, 0.6) is 0 Å². The Morgan fingerprint density at radius 2 is 1.95 bits per heavy atom. The Hall–Kier alpha value is -2.95. The van der Waals surface area contributed by atoms with E-state index in [1.165, 1.54) is 10.8 Å². The topological polar surface area (TPSA) is 54.8 Å². The normalized spacial score (nSPS) is 11.3. The largest absolute Gasteiger partial charge is 0.331 e. The molecule has 2 aromatic carbocycles. The lowest BCUT2D eigenvalue weighted by Crippen LogP contribution is -2.32. The lowest BCUT2D eigenvalue weighted by Gasteiger charge is -2.01. The van der Waals surface area contributed by atoms with Crippen LogP contribution in [0.3, 0.4) is 0 Å². The molecule has 5 heteroatoms. The van der Waals surface area contributed by atoms with Gasteiger partial charge in [0.25, 0.3) is 11.8 Å². The number of nitrogens with zero attached hydrogens (tertiary/aromatic N) is 3. The number of H-pyrrole nitrogens is 1. The minimum Gasteiger partial charge on any atom is -0.282 e. The average molecular weight is 291 g/mol. The molecular weight excluding hydrogens is 276 g/mol. The third kappa shape index (κ3) is 2.07. The zero-order valence-corrected chi connectivity index (χ0v) is 12.2. The van der Waals surface area contributed by atoms with E-state index >= 15 is 0 Å². The van der Waals surface area contributed by atoms with E-state index in [9.17, 15) is 4.79 Å². The van der Waals surface area contributed by atoms with Crippen LogP contribution >= 0.6 is 0 Å². The Morgan fingerprint density at radius 3 is 2.82 bits per heavy atom. The third-order valence-electron chi connectivity index (χ3n) is 3.79. The van der Waals surface area contributed by atoms with Crippen LogP contribution in [0.15, 0.2) is 59.7 Å². The second-order valence-electron chi connectivity index (χ2n) is 5.47. The molecule has 0 unspecified atom stereocenters. The van der Waals surface area contributed by atoms with Crippen molar-refractivity contribution in [2.24, 2.45) is 0 Å². The van der Waals surface area contributed by atoms with Gasteiger partial charge in [-0.05, 0) is 29.3 Å². The second-order valence-corrected chi connectivity index (χ2v) is 5.47. The van der Waals surface area contributed by atoms with Crippen molar-refractivity contribution >= 4 is 16.4 Å². The van der Waals surface area contributed by atoms with E-state index in [-0.39, 0.29) is 5.43 Å². The maximum Gasteiger partial charge on any atom is 0.331 e. The molecule has 4 aromatic rings. The molecule has 0 fully saturated rings. The quantitative estimate of drug-likeness (QED) is 0.573. The number of aromatic nitrogens is 4. The first-order valence-electron chi connectivity index (χ1n) is 7.15. The maximum atomic E-state index is 12.2. The monoisotopic (exact) mass is 291 g/mol. The number of benzene rings is 2. The van der Waals surface area contributed by atoms with Crippen LogP contribution < -0.4 is 9.94 Å². The molecule has 0 saturated carbocycles. The van der Waals surface area contributed by atoms with E-state index in [0.717, 1.165) is 11.3 Å². The molecule has 0 spiro atoms. The highest BCUT2D eigenvalue weighted by Gasteiger charge is 2.16. The van der Waals surface area contributed by atoms with Crippen molar-refractivity contribution in [3.05, 3.63) is 76.3 Å². The number of aryl methyl sites for hydroxylation is 1. The highest BCUT2D eigenvalue weighted by molar-refractivity contribution is 5.82. The summed E-state index contributed by atoms with van der Waals surface area (Å²) in [7, 11) is 0. The molecular formula is C17H15N4O+. The summed E-state index contributed by atoms with van der Waals surface area (Å²) in [4.78, 5) is 12.2. The molecule has 0 bridgehead atoms. The summed E-state index contributed by atoms with van der Waals surface area (Å²) in [6.07, 6.45) is 1.63. The van der Waals surface area contributed by atoms with Crippen molar-refractivity contribution in [2.45, 2.75) is 13.5 Å². The van der Waals surface area contributed by atoms with E-state index in [1.54, 1.807) is 21.6 Å². The molecule has 0 saturated heterocycles. The van der Waals surface area contributed by atoms with E-state index in [2.05, 4.69) is 40.5 Å². The minimum absolute atomic E-state index is 0.0328. The van der Waals surface area contributed by atoms with Crippen molar-refractivity contribution in [3.8, 4) is 0 Å². The first-order chi connectivity index (χ1) is 10.7. The Bertz CT molecular complexity index is 1050. The molecule has 2 aromatic heterocycles. The van der Waals surface area contributed by atoms with Gasteiger partial charge in [0.2, 0.25) is 0 Å². The van der Waals surface area contributed by atoms with Crippen LogP contribution in [-0.4, -0.2) is 14.9 Å². The fourth-order valence-electron chi connectivity index (χ4n) is 2.78. The summed E-state index contributed by atoms with van der Waals surface area (Å²) in [5.74, 6) is 0. The Kier molecular flexibility index (Phi) is 2.79. The molecule has 22 heavy (non-hydrogen) atoms. The van der Waals surface area contributed by atoms with Gasteiger partial charge in [0.15, 0.2) is 0 Å². The SMILES string of the molecule is Cc1cc(=O)c2n(Cc3ccc4ccccc4c3)nc[n+]2[nH]1. The van der Waals surface area contributed by atoms with Gasteiger partial charge >= 0.3 is 5.65 Å². The molecule has 0 atom stereocenters. The highest BCUT2D eigenvalue weighted by Crippen LogP contribution is 2.16. The van der Waals surface area contributed by atoms with Crippen LogP contribution in [-0.2, 0) is 6.54 Å². The summed E-state index contributed by atoms with van der Waals surface area (Å²) in [6, 6.07) is 16.1. The first kappa shape index (κ1) is 12.8. The minimum atomic E-state index is -0.0328. The summed E-state index contributed by atoms with van der Waals surface area (Å²) in [5.41, 5.74) is 2.44. The van der Waals surface area contributed by atoms with Crippen LogP contribution in [0, 0.1) is 6.92 Å². The van der Waals surface area contributed by atoms with Gasteiger partial charge in [0, 0.05) is 16.9 Å². The van der Waals surface area contributed by atoms with Crippen LogP contribution in [0.25, 0.3) is 16.4 Å². The number of aromatic amines is 1. The lowest BCUT2D eigenvalue weighted by atomic mass is 10.1. The Labute approximate surface area is 126 Å². The molecule has 2 heterocycles. The molecule has 0 radical (unpaired) electrons. The average Bonchev–Trinajstić information content (AvgIpc) is 2.90. The molecule has 0 aliphatic heterocycles. The molecule has 1 N–H and O–H groups in total. The molecule has 5 nitrogen and oxygen atoms in total. The van der Waals surface area contributed by atoms with Crippen molar-refractivity contribution in [1.29, 1.82) is 0 Å². The van der Waals surface area contributed by atoms with Crippen molar-refractivity contribution in [2.75, 3.05) is 0 Å². The summed E-state index contributed by atoms with van der Waals surface area (Å²) in [5, 5.41) is 9.82. The summed E-state index contributed by atoms with van der Waals surface area (Å²) >= 11 is 0. The Balaban J connectivity index is 1.80. The zero-order chi connectivity index (χ0) is 15.1. The van der Waals surface area contributed by atoms with Gasteiger partial charge in [0.1, 0.15) is 6.54 Å². The fraction of sp³-hybridized carbons (Fsp3) is 0.118. The van der Waals surface area contributed by atoms with E-state index in [0.29, 0.717) is 12.2 Å². The molecule has 108 valence electrons. The van der Waals surface area contributed by atoms with Gasteiger partial charge in [-0.15, -0.1) is 4.52 Å². The number of rotatable bonds is 2. The van der Waals surface area contributed by atoms with Crippen LogP contribution in [0.4, 0.5) is 0 Å². The predicted octanol–water partition coefficient (Wildman–Crippen LogP) is 1.82. The van der Waals surface area contributed by atoms with Crippen molar-refractivity contribution in [3.63, 3.8) is 0 Å². The lowest BCUT2D eigenvalue weighted by molar-refractivity contribution is -0.582. The molecule has 0 aliphatic carbocycles. The van der Waals surface area contributed by atoms with Gasteiger partial charge < -0.3 is 0 Å². The fourth-order valence-corrected chi connectivity index (χ4v) is 2.78. The first-order valence-corrected chi connectivity index (χ1v) is 7.15. The standard InChI is InChI=1S/C17H14N4O/c1-12-8-16(22)17-20(18-11-21(17)19-12)10-13-6-7-14-4-2-3-5-15(14)9-13/h2-9,11H,10H2,1H3/p+1. The number of nitrogens with one attached hydrogen (secondary N) is 1. The van der Waals surface area contributed by atoms with Gasteiger partial charge in [-0.25, -0.2) is 5.10 Å². The predicted molar refractivity (Wildman–Crippen MR) is 83.8 cm³/mol. The number of hydrogen-bond acceptors (Lipinski definition) is 2. The number of hydrogen-bond donors (Lipinski definition) is 1. The van der Waals surface area contributed by atoms with Gasteiger partial charge in [-0.3, -0.25) is 4.79 Å². The van der Waals surface area contributed by atoms with Crippen molar-refractivity contribution in [1.82, 2.24) is 14.9 Å². The summed E-state index contributed by atoms with van der Waals surface area (Å²) < 4.78 is 3.39. The van der Waals surface area contributed by atoms with Gasteiger partial charge in [0.05, 0.1) is 0 Å².